The van der Waals surface area contributed by atoms with E-state index in [2.05, 4.69) is 35.5 Å². The number of amides is 2. The number of aromatic nitrogens is 4. The van der Waals surface area contributed by atoms with Gasteiger partial charge in [-0.2, -0.15) is 13.2 Å². The summed E-state index contributed by atoms with van der Waals surface area (Å²) in [6, 6.07) is 12.6. The molecule has 4 rings (SSSR count). The monoisotopic (exact) mass is 598 g/mol. The first-order chi connectivity index (χ1) is 19.7. The SMILES string of the molecule is CNC(=O)c1cc(Oc2ccc3nc(NC(=O)c4ccccc4OC(F)(F)F)nnc3c2)ccn1.O=C(O)C(F)(F)F. The van der Waals surface area contributed by atoms with Crippen LogP contribution in [0.2, 0.25) is 0 Å². The van der Waals surface area contributed by atoms with Crippen LogP contribution in [-0.4, -0.2) is 62.6 Å². The lowest BCUT2D eigenvalue weighted by Gasteiger charge is -2.12. The Labute approximate surface area is 230 Å². The fraction of sp³-hybridized carbons (Fsp3) is 0.125. The highest BCUT2D eigenvalue weighted by Gasteiger charge is 2.38. The average Bonchev–Trinajstić information content (AvgIpc) is 2.92. The molecule has 2 aromatic heterocycles. The van der Waals surface area contributed by atoms with Crippen molar-refractivity contribution in [3.05, 3.63) is 72.1 Å². The highest BCUT2D eigenvalue weighted by molar-refractivity contribution is 6.05. The number of anilines is 1. The van der Waals surface area contributed by atoms with E-state index in [9.17, 15) is 35.9 Å². The second-order valence-corrected chi connectivity index (χ2v) is 7.64. The summed E-state index contributed by atoms with van der Waals surface area (Å²) in [6.07, 6.45) is -8.62. The molecule has 0 saturated carbocycles. The number of benzene rings is 2. The van der Waals surface area contributed by atoms with E-state index < -0.39 is 30.2 Å². The molecule has 2 amide bonds. The number of carboxylic acids is 1. The number of halogens is 6. The molecule has 220 valence electrons. The maximum Gasteiger partial charge on any atom is 0.573 e. The molecule has 2 aromatic carbocycles. The van der Waals surface area contributed by atoms with Gasteiger partial charge in [0, 0.05) is 25.4 Å². The molecule has 0 fully saturated rings. The quantitative estimate of drug-likeness (QED) is 0.272. The number of alkyl halides is 6. The summed E-state index contributed by atoms with van der Waals surface area (Å²) in [5.41, 5.74) is 0.478. The van der Waals surface area contributed by atoms with Gasteiger partial charge in [0.2, 0.25) is 5.95 Å². The highest BCUT2D eigenvalue weighted by Crippen LogP contribution is 2.27. The van der Waals surface area contributed by atoms with Crippen molar-refractivity contribution in [1.82, 2.24) is 25.5 Å². The summed E-state index contributed by atoms with van der Waals surface area (Å²) < 4.78 is 79.2. The van der Waals surface area contributed by atoms with Crippen LogP contribution >= 0.6 is 0 Å². The number of pyridine rings is 1. The molecule has 4 aromatic rings. The van der Waals surface area contributed by atoms with Gasteiger partial charge in [0.05, 0.1) is 11.1 Å². The molecule has 12 nitrogen and oxygen atoms in total. The number of fused-ring (bicyclic) bond motifs is 1. The minimum atomic E-state index is -5.08. The summed E-state index contributed by atoms with van der Waals surface area (Å²) in [4.78, 5) is 41.2. The van der Waals surface area contributed by atoms with E-state index >= 15 is 0 Å². The lowest BCUT2D eigenvalue weighted by Crippen LogP contribution is -2.21. The summed E-state index contributed by atoms with van der Waals surface area (Å²) in [5, 5.41) is 19.7. The number of para-hydroxylation sites is 1. The number of ether oxygens (including phenoxy) is 2. The highest BCUT2D eigenvalue weighted by atomic mass is 19.4. The normalized spacial score (nSPS) is 11.1. The van der Waals surface area contributed by atoms with E-state index in [1.54, 1.807) is 18.2 Å². The Morgan fingerprint density at radius 2 is 1.52 bits per heavy atom. The first-order valence-corrected chi connectivity index (χ1v) is 11.1. The number of rotatable bonds is 6. The molecule has 18 heteroatoms. The zero-order valence-electron chi connectivity index (χ0n) is 20.8. The molecule has 0 radical (unpaired) electrons. The number of hydrogen-bond acceptors (Lipinski definition) is 9. The lowest BCUT2D eigenvalue weighted by molar-refractivity contribution is -0.274. The number of carbonyl (C=O) groups excluding carboxylic acids is 2. The predicted octanol–water partition coefficient (Wildman–Crippen LogP) is 4.36. The van der Waals surface area contributed by atoms with E-state index in [1.807, 2.05) is 0 Å². The van der Waals surface area contributed by atoms with Crippen molar-refractivity contribution in [2.75, 3.05) is 12.4 Å². The van der Waals surface area contributed by atoms with Crippen molar-refractivity contribution in [1.29, 1.82) is 0 Å². The van der Waals surface area contributed by atoms with Gasteiger partial charge < -0.3 is 19.9 Å². The summed E-state index contributed by atoms with van der Waals surface area (Å²) in [6.45, 7) is 0. The number of carboxylic acid groups (broad SMARTS) is 1. The van der Waals surface area contributed by atoms with E-state index in [4.69, 9.17) is 14.6 Å². The molecule has 0 aliphatic rings. The van der Waals surface area contributed by atoms with Crippen LogP contribution in [0.25, 0.3) is 11.0 Å². The second kappa shape index (κ2) is 12.7. The Kier molecular flexibility index (Phi) is 9.40. The Morgan fingerprint density at radius 1 is 0.857 bits per heavy atom. The average molecular weight is 598 g/mol. The van der Waals surface area contributed by atoms with Crippen molar-refractivity contribution >= 4 is 34.8 Å². The lowest BCUT2D eigenvalue weighted by atomic mass is 10.2. The number of nitrogens with zero attached hydrogens (tertiary/aromatic N) is 4. The molecule has 0 bridgehead atoms. The van der Waals surface area contributed by atoms with Crippen molar-refractivity contribution in [2.45, 2.75) is 12.5 Å². The van der Waals surface area contributed by atoms with Gasteiger partial charge in [-0.25, -0.2) is 9.78 Å². The summed E-state index contributed by atoms with van der Waals surface area (Å²) in [7, 11) is 1.48. The maximum absolute atomic E-state index is 12.6. The Bertz CT molecular complexity index is 1620. The zero-order chi connectivity index (χ0) is 31.1. The molecular weight excluding hydrogens is 582 g/mol. The fourth-order valence-electron chi connectivity index (χ4n) is 2.93. The standard InChI is InChI=1S/C22H15F3N6O4.C2HF3O2/c1-26-20(33)17-11-13(8-9-27-17)34-12-6-7-15-16(10-12)30-31-21(28-15)29-19(32)14-4-2-3-5-18(14)35-22(23,24)25;3-2(4,5)1(6)7/h2-11H,1H3,(H,26,33)(H,28,29,31,32);(H,6,7). The Hall–Kier alpha value is -5.55. The molecule has 0 spiro atoms. The van der Waals surface area contributed by atoms with Gasteiger partial charge >= 0.3 is 18.5 Å². The largest absolute Gasteiger partial charge is 0.573 e. The molecule has 0 aliphatic heterocycles. The van der Waals surface area contributed by atoms with Crippen molar-refractivity contribution < 1.29 is 55.3 Å². The first kappa shape index (κ1) is 31.0. The Balaban J connectivity index is 0.000000616. The van der Waals surface area contributed by atoms with Crippen LogP contribution in [0.4, 0.5) is 32.3 Å². The molecule has 0 unspecified atom stereocenters. The van der Waals surface area contributed by atoms with Crippen LogP contribution in [-0.2, 0) is 4.79 Å². The van der Waals surface area contributed by atoms with E-state index in [1.165, 1.54) is 43.6 Å². The summed E-state index contributed by atoms with van der Waals surface area (Å²) >= 11 is 0. The molecule has 0 saturated heterocycles. The first-order valence-electron chi connectivity index (χ1n) is 11.1. The van der Waals surface area contributed by atoms with Gasteiger partial charge in [0.25, 0.3) is 11.8 Å². The van der Waals surface area contributed by atoms with Gasteiger partial charge in [-0.1, -0.05) is 12.1 Å². The molecular formula is C24H16F6N6O6. The molecule has 2 heterocycles. The van der Waals surface area contributed by atoms with E-state index in [-0.39, 0.29) is 23.1 Å². The van der Waals surface area contributed by atoms with Crippen LogP contribution in [0, 0.1) is 0 Å². The molecule has 0 aliphatic carbocycles. The van der Waals surface area contributed by atoms with E-state index in [0.717, 1.165) is 6.07 Å². The van der Waals surface area contributed by atoms with Gasteiger partial charge in [0.1, 0.15) is 28.5 Å². The van der Waals surface area contributed by atoms with Crippen molar-refractivity contribution in [2.24, 2.45) is 0 Å². The topological polar surface area (TPSA) is 166 Å². The fourth-order valence-corrected chi connectivity index (χ4v) is 2.93. The minimum Gasteiger partial charge on any atom is -0.475 e. The van der Waals surface area contributed by atoms with Crippen LogP contribution < -0.4 is 20.1 Å². The third-order valence-corrected chi connectivity index (χ3v) is 4.68. The van der Waals surface area contributed by atoms with Gasteiger partial charge in [-0.05, 0) is 30.3 Å². The van der Waals surface area contributed by atoms with Gasteiger partial charge in [0.15, 0.2) is 0 Å². The summed E-state index contributed by atoms with van der Waals surface area (Å²) in [5.74, 6) is -4.18. The van der Waals surface area contributed by atoms with Crippen molar-refractivity contribution in [3.8, 4) is 17.2 Å². The number of nitrogens with one attached hydrogen (secondary N) is 2. The molecule has 0 atom stereocenters. The van der Waals surface area contributed by atoms with Gasteiger partial charge in [-0.15, -0.1) is 23.4 Å². The number of hydrogen-bond donors (Lipinski definition) is 3. The van der Waals surface area contributed by atoms with Gasteiger partial charge in [-0.3, -0.25) is 19.9 Å². The predicted molar refractivity (Wildman–Crippen MR) is 130 cm³/mol. The number of carbonyl (C=O) groups is 3. The van der Waals surface area contributed by atoms with E-state index in [0.29, 0.717) is 22.5 Å². The smallest absolute Gasteiger partial charge is 0.475 e. The third-order valence-electron chi connectivity index (χ3n) is 4.68. The van der Waals surface area contributed by atoms with Crippen LogP contribution in [0.1, 0.15) is 20.8 Å². The maximum atomic E-state index is 12.6. The number of aliphatic carboxylic acids is 1. The zero-order valence-corrected chi connectivity index (χ0v) is 20.8. The van der Waals surface area contributed by atoms with Crippen LogP contribution in [0.3, 0.4) is 0 Å². The molecule has 3 N–H and O–H groups in total. The Morgan fingerprint density at radius 3 is 2.17 bits per heavy atom. The third kappa shape index (κ3) is 8.73. The second-order valence-electron chi connectivity index (χ2n) is 7.64. The van der Waals surface area contributed by atoms with Crippen LogP contribution in [0.5, 0.6) is 17.2 Å². The molecule has 42 heavy (non-hydrogen) atoms. The van der Waals surface area contributed by atoms with Crippen LogP contribution in [0.15, 0.2) is 60.8 Å². The minimum absolute atomic E-state index is 0.176. The van der Waals surface area contributed by atoms with Crippen molar-refractivity contribution in [3.63, 3.8) is 0 Å².